The Morgan fingerprint density at radius 2 is 1.75 bits per heavy atom. The van der Waals surface area contributed by atoms with Gasteiger partial charge in [0.1, 0.15) is 6.04 Å². The van der Waals surface area contributed by atoms with Crippen molar-refractivity contribution in [1.29, 1.82) is 0 Å². The highest BCUT2D eigenvalue weighted by atomic mass is 16.4. The van der Waals surface area contributed by atoms with Gasteiger partial charge >= 0.3 is 12.0 Å². The first kappa shape index (κ1) is 18.2. The lowest BCUT2D eigenvalue weighted by Crippen LogP contribution is -2.50. The topological polar surface area (TPSA) is 119 Å². The van der Waals surface area contributed by atoms with Crippen molar-refractivity contribution in [3.8, 4) is 0 Å². The van der Waals surface area contributed by atoms with E-state index >= 15 is 0 Å². The molecule has 4 N–H and O–H groups in total. The number of aliphatic hydroxyl groups is 1. The second kappa shape index (κ2) is 9.13. The van der Waals surface area contributed by atoms with Gasteiger partial charge in [0.15, 0.2) is 6.10 Å². The summed E-state index contributed by atoms with van der Waals surface area (Å²) < 4.78 is 0. The number of amides is 3. The molecule has 0 aromatic rings. The summed E-state index contributed by atoms with van der Waals surface area (Å²) in [4.78, 5) is 35.3. The lowest BCUT2D eigenvalue weighted by molar-refractivity contribution is -0.146. The normalized spacial score (nSPS) is 13.2. The quantitative estimate of drug-likeness (QED) is 0.475. The number of carbonyl (C=O) groups is 3. The van der Waals surface area contributed by atoms with E-state index in [-0.39, 0.29) is 18.9 Å². The lowest BCUT2D eigenvalue weighted by atomic mass is 10.2. The number of carbonyl (C=O) groups excluding carboxylic acids is 2. The first-order valence-corrected chi connectivity index (χ1v) is 6.57. The van der Waals surface area contributed by atoms with Crippen LogP contribution < -0.4 is 10.6 Å². The van der Waals surface area contributed by atoms with E-state index in [1.807, 2.05) is 13.8 Å². The summed E-state index contributed by atoms with van der Waals surface area (Å²) in [6.07, 6.45) is -1.61. The molecule has 8 nitrogen and oxygen atoms in total. The summed E-state index contributed by atoms with van der Waals surface area (Å²) in [6.45, 7) is 6.41. The minimum atomic E-state index is -1.51. The molecule has 20 heavy (non-hydrogen) atoms. The Hall–Kier alpha value is -1.83. The molecule has 0 aliphatic rings. The molecule has 0 saturated carbocycles. The van der Waals surface area contributed by atoms with Crippen molar-refractivity contribution < 1.29 is 24.6 Å². The molecule has 0 spiro atoms. The number of carboxylic acids is 1. The molecule has 0 aromatic heterocycles. The fourth-order valence-electron chi connectivity index (χ4n) is 1.56. The van der Waals surface area contributed by atoms with E-state index in [1.54, 1.807) is 11.8 Å². The first-order valence-electron chi connectivity index (χ1n) is 6.57. The van der Waals surface area contributed by atoms with Crippen LogP contribution in [0.2, 0.25) is 0 Å². The molecule has 0 fully saturated rings. The lowest BCUT2D eigenvalue weighted by Gasteiger charge is -2.23. The van der Waals surface area contributed by atoms with Crippen LogP contribution in [0, 0.1) is 0 Å². The van der Waals surface area contributed by atoms with Crippen molar-refractivity contribution >= 4 is 17.9 Å². The molecule has 3 amide bonds. The molecular weight excluding hydrogens is 266 g/mol. The van der Waals surface area contributed by atoms with Crippen molar-refractivity contribution in [3.63, 3.8) is 0 Å². The molecule has 0 radical (unpaired) electrons. The van der Waals surface area contributed by atoms with Crippen LogP contribution >= 0.6 is 0 Å². The van der Waals surface area contributed by atoms with Crippen molar-refractivity contribution in [2.24, 2.45) is 0 Å². The maximum atomic E-state index is 11.9. The fraction of sp³-hybridized carbons (Fsp3) is 0.750. The third-order valence-corrected chi connectivity index (χ3v) is 2.78. The van der Waals surface area contributed by atoms with Gasteiger partial charge < -0.3 is 25.7 Å². The van der Waals surface area contributed by atoms with Gasteiger partial charge in [-0.15, -0.1) is 0 Å². The predicted molar refractivity (Wildman–Crippen MR) is 72.2 cm³/mol. The average molecular weight is 289 g/mol. The van der Waals surface area contributed by atoms with Gasteiger partial charge in [-0.3, -0.25) is 4.79 Å². The molecule has 2 atom stereocenters. The number of aliphatic carboxylic acids is 1. The van der Waals surface area contributed by atoms with Crippen LogP contribution in [0.1, 0.15) is 27.2 Å². The number of nitrogens with zero attached hydrogens (tertiary/aromatic N) is 1. The van der Waals surface area contributed by atoms with Crippen LogP contribution in [0.15, 0.2) is 0 Å². The zero-order valence-electron chi connectivity index (χ0n) is 12.0. The maximum absolute atomic E-state index is 11.9. The SMILES string of the molecule is CCN(CC)C(=O)C(C)NC(=O)NCC[C@H](O)C(=O)O. The van der Waals surface area contributed by atoms with Crippen molar-refractivity contribution in [1.82, 2.24) is 15.5 Å². The Balaban J connectivity index is 4.08. The molecule has 0 aliphatic carbocycles. The van der Waals surface area contributed by atoms with Crippen molar-refractivity contribution in [3.05, 3.63) is 0 Å². The first-order chi connectivity index (χ1) is 9.33. The second-order valence-corrected chi connectivity index (χ2v) is 4.28. The Bertz CT molecular complexity index is 344. The molecule has 0 saturated heterocycles. The molecule has 0 bridgehead atoms. The number of hydrogen-bond acceptors (Lipinski definition) is 4. The van der Waals surface area contributed by atoms with Crippen LogP contribution in [0.25, 0.3) is 0 Å². The standard InChI is InChI=1S/C12H23N3O5/c1-4-15(5-2)10(17)8(3)14-12(20)13-7-6-9(16)11(18)19/h8-9,16H,4-7H2,1-3H3,(H,18,19)(H2,13,14,20)/t8?,9-/m0/s1. The number of aliphatic hydroxyl groups excluding tert-OH is 1. The molecule has 0 aromatic carbocycles. The highest BCUT2D eigenvalue weighted by Gasteiger charge is 2.20. The minimum absolute atomic E-state index is 0.00544. The van der Waals surface area contributed by atoms with E-state index in [0.29, 0.717) is 13.1 Å². The van der Waals surface area contributed by atoms with Gasteiger partial charge in [0, 0.05) is 26.1 Å². The fourth-order valence-corrected chi connectivity index (χ4v) is 1.56. The van der Waals surface area contributed by atoms with Crippen LogP contribution in [0.3, 0.4) is 0 Å². The summed E-state index contributed by atoms with van der Waals surface area (Å²) in [5, 5.41) is 22.3. The molecule has 0 heterocycles. The molecule has 116 valence electrons. The Morgan fingerprint density at radius 3 is 2.20 bits per heavy atom. The molecule has 0 aliphatic heterocycles. The predicted octanol–water partition coefficient (Wildman–Crippen LogP) is -0.622. The van der Waals surface area contributed by atoms with E-state index in [2.05, 4.69) is 10.6 Å². The molecule has 8 heteroatoms. The van der Waals surface area contributed by atoms with Gasteiger partial charge in [-0.1, -0.05) is 0 Å². The molecular formula is C12H23N3O5. The number of nitrogens with one attached hydrogen (secondary N) is 2. The van der Waals surface area contributed by atoms with E-state index < -0.39 is 24.1 Å². The zero-order valence-corrected chi connectivity index (χ0v) is 12.0. The van der Waals surface area contributed by atoms with Gasteiger partial charge in [-0.2, -0.15) is 0 Å². The van der Waals surface area contributed by atoms with E-state index in [1.165, 1.54) is 0 Å². The Morgan fingerprint density at radius 1 is 1.20 bits per heavy atom. The van der Waals surface area contributed by atoms with E-state index in [9.17, 15) is 14.4 Å². The number of hydrogen-bond donors (Lipinski definition) is 4. The van der Waals surface area contributed by atoms with E-state index in [4.69, 9.17) is 10.2 Å². The monoisotopic (exact) mass is 289 g/mol. The number of urea groups is 1. The average Bonchev–Trinajstić information content (AvgIpc) is 2.39. The van der Waals surface area contributed by atoms with Gasteiger partial charge in [0.25, 0.3) is 0 Å². The van der Waals surface area contributed by atoms with E-state index in [0.717, 1.165) is 0 Å². The van der Waals surface area contributed by atoms with Crippen LogP contribution in [0.5, 0.6) is 0 Å². The van der Waals surface area contributed by atoms with Crippen LogP contribution in [-0.4, -0.2) is 64.8 Å². The van der Waals surface area contributed by atoms with Gasteiger partial charge in [0.05, 0.1) is 0 Å². The maximum Gasteiger partial charge on any atom is 0.332 e. The smallest absolute Gasteiger partial charge is 0.332 e. The highest BCUT2D eigenvalue weighted by Crippen LogP contribution is 1.95. The zero-order chi connectivity index (χ0) is 15.7. The molecule has 1 unspecified atom stereocenters. The third kappa shape index (κ3) is 6.37. The number of rotatable bonds is 8. The third-order valence-electron chi connectivity index (χ3n) is 2.78. The summed E-state index contributed by atoms with van der Waals surface area (Å²) in [6, 6.07) is -1.24. The summed E-state index contributed by atoms with van der Waals surface area (Å²) in [7, 11) is 0. The van der Waals surface area contributed by atoms with Crippen molar-refractivity contribution in [2.75, 3.05) is 19.6 Å². The number of likely N-dealkylation sites (N-methyl/N-ethyl adjacent to an activating group) is 1. The van der Waals surface area contributed by atoms with Crippen LogP contribution in [-0.2, 0) is 9.59 Å². The summed E-state index contributed by atoms with van der Waals surface area (Å²) >= 11 is 0. The van der Waals surface area contributed by atoms with Gasteiger partial charge in [-0.25, -0.2) is 9.59 Å². The summed E-state index contributed by atoms with van der Waals surface area (Å²) in [5.74, 6) is -1.52. The molecule has 0 rings (SSSR count). The second-order valence-electron chi connectivity index (χ2n) is 4.28. The Labute approximate surface area is 118 Å². The number of carboxylic acid groups (broad SMARTS) is 1. The van der Waals surface area contributed by atoms with Crippen molar-refractivity contribution in [2.45, 2.75) is 39.3 Å². The largest absolute Gasteiger partial charge is 0.479 e. The highest BCUT2D eigenvalue weighted by molar-refractivity contribution is 5.86. The minimum Gasteiger partial charge on any atom is -0.479 e. The Kier molecular flexibility index (Phi) is 8.30. The summed E-state index contributed by atoms with van der Waals surface area (Å²) in [5.41, 5.74) is 0. The van der Waals surface area contributed by atoms with Gasteiger partial charge in [0.2, 0.25) is 5.91 Å². The van der Waals surface area contributed by atoms with Crippen LogP contribution in [0.4, 0.5) is 4.79 Å². The van der Waals surface area contributed by atoms with Gasteiger partial charge in [-0.05, 0) is 20.8 Å².